The summed E-state index contributed by atoms with van der Waals surface area (Å²) in [6.45, 7) is 0.864. The van der Waals surface area contributed by atoms with Gasteiger partial charge in [-0.25, -0.2) is 4.98 Å². The van der Waals surface area contributed by atoms with Crippen LogP contribution in [0.4, 0.5) is 0 Å². The number of hydrogen-bond acceptors (Lipinski definition) is 4. The molecule has 1 aliphatic rings. The van der Waals surface area contributed by atoms with Gasteiger partial charge in [-0.2, -0.15) is 11.8 Å². The van der Waals surface area contributed by atoms with Gasteiger partial charge in [0.05, 0.1) is 6.20 Å². The zero-order valence-corrected chi connectivity index (χ0v) is 11.1. The van der Waals surface area contributed by atoms with Crippen molar-refractivity contribution in [3.63, 3.8) is 0 Å². The third kappa shape index (κ3) is 3.34. The molecule has 1 heterocycles. The second-order valence-electron chi connectivity index (χ2n) is 3.81. The maximum Gasteiger partial charge on any atom is 0.113 e. The van der Waals surface area contributed by atoms with E-state index in [1.807, 2.05) is 11.8 Å². The number of thioether (sulfide) groups is 1. The number of halogens is 1. The summed E-state index contributed by atoms with van der Waals surface area (Å²) in [5.41, 5.74) is 0. The topological polar surface area (TPSA) is 24.9 Å². The highest BCUT2D eigenvalue weighted by Crippen LogP contribution is 2.28. The Morgan fingerprint density at radius 1 is 1.67 bits per heavy atom. The van der Waals surface area contributed by atoms with Gasteiger partial charge in [0.2, 0.25) is 0 Å². The highest BCUT2D eigenvalue weighted by molar-refractivity contribution is 7.99. The lowest BCUT2D eigenvalue weighted by Gasteiger charge is -2.10. The molecule has 1 fully saturated rings. The lowest BCUT2D eigenvalue weighted by molar-refractivity contribution is 0.524. The van der Waals surface area contributed by atoms with Crippen LogP contribution in [-0.4, -0.2) is 22.5 Å². The summed E-state index contributed by atoms with van der Waals surface area (Å²) < 4.78 is 0.778. The highest BCUT2D eigenvalue weighted by Gasteiger charge is 2.23. The van der Waals surface area contributed by atoms with E-state index in [9.17, 15) is 0 Å². The molecule has 1 aromatic rings. The third-order valence-corrected chi connectivity index (χ3v) is 4.99. The number of aromatic nitrogens is 1. The number of nitrogens with zero attached hydrogens (tertiary/aromatic N) is 1. The van der Waals surface area contributed by atoms with Crippen LogP contribution >= 0.6 is 34.7 Å². The smallest absolute Gasteiger partial charge is 0.113 e. The Labute approximate surface area is 104 Å². The van der Waals surface area contributed by atoms with E-state index in [0.29, 0.717) is 6.04 Å². The molecule has 2 rings (SSSR count). The van der Waals surface area contributed by atoms with Gasteiger partial charge in [0.25, 0.3) is 0 Å². The van der Waals surface area contributed by atoms with Gasteiger partial charge in [0, 0.05) is 17.8 Å². The number of rotatable bonds is 4. The normalized spacial score (nSPS) is 26.0. The second kappa shape index (κ2) is 5.53. The fourth-order valence-electron chi connectivity index (χ4n) is 1.94. The van der Waals surface area contributed by atoms with Gasteiger partial charge in [-0.15, -0.1) is 11.3 Å². The van der Waals surface area contributed by atoms with Gasteiger partial charge in [-0.3, -0.25) is 0 Å². The fourth-order valence-corrected chi connectivity index (χ4v) is 3.64. The lowest BCUT2D eigenvalue weighted by Crippen LogP contribution is -2.25. The SMILES string of the molecule is CSC1CCC(NCc2ncc(Cl)s2)C1. The molecule has 84 valence electrons. The molecule has 2 unspecified atom stereocenters. The van der Waals surface area contributed by atoms with Gasteiger partial charge >= 0.3 is 0 Å². The third-order valence-electron chi connectivity index (χ3n) is 2.79. The van der Waals surface area contributed by atoms with Crippen LogP contribution in [0.15, 0.2) is 6.20 Å². The van der Waals surface area contributed by atoms with Crippen LogP contribution in [0, 0.1) is 0 Å². The van der Waals surface area contributed by atoms with Crippen LogP contribution in [0.25, 0.3) is 0 Å². The first-order valence-electron chi connectivity index (χ1n) is 5.14. The van der Waals surface area contributed by atoms with E-state index in [1.165, 1.54) is 19.3 Å². The van der Waals surface area contributed by atoms with E-state index in [0.717, 1.165) is 21.1 Å². The quantitative estimate of drug-likeness (QED) is 0.902. The lowest BCUT2D eigenvalue weighted by atomic mass is 10.2. The maximum atomic E-state index is 5.83. The van der Waals surface area contributed by atoms with Crippen molar-refractivity contribution in [1.82, 2.24) is 10.3 Å². The highest BCUT2D eigenvalue weighted by atomic mass is 35.5. The molecule has 2 nitrogen and oxygen atoms in total. The first-order chi connectivity index (χ1) is 7.28. The molecular formula is C10H15ClN2S2. The summed E-state index contributed by atoms with van der Waals surface area (Å²) in [5.74, 6) is 0. The Morgan fingerprint density at radius 3 is 3.13 bits per heavy atom. The molecule has 0 amide bonds. The standard InChI is InChI=1S/C10H15ClN2S2/c1-14-8-3-2-7(4-8)12-6-10-13-5-9(11)15-10/h5,7-8,12H,2-4,6H2,1H3. The molecular weight excluding hydrogens is 248 g/mol. The van der Waals surface area contributed by atoms with Crippen molar-refractivity contribution in [2.75, 3.05) is 6.26 Å². The summed E-state index contributed by atoms with van der Waals surface area (Å²) in [6, 6.07) is 0.671. The van der Waals surface area contributed by atoms with Crippen molar-refractivity contribution in [2.24, 2.45) is 0 Å². The van der Waals surface area contributed by atoms with Gasteiger partial charge in [0.15, 0.2) is 0 Å². The van der Waals surface area contributed by atoms with Gasteiger partial charge < -0.3 is 5.32 Å². The van der Waals surface area contributed by atoms with Crippen LogP contribution in [0.3, 0.4) is 0 Å². The number of hydrogen-bond donors (Lipinski definition) is 1. The van der Waals surface area contributed by atoms with Crippen molar-refractivity contribution in [2.45, 2.75) is 37.1 Å². The molecule has 1 aliphatic carbocycles. The first kappa shape index (κ1) is 11.7. The van der Waals surface area contributed by atoms with Crippen LogP contribution in [-0.2, 0) is 6.54 Å². The van der Waals surface area contributed by atoms with E-state index >= 15 is 0 Å². The fraction of sp³-hybridized carbons (Fsp3) is 0.700. The minimum Gasteiger partial charge on any atom is -0.308 e. The van der Waals surface area contributed by atoms with Gasteiger partial charge in [0.1, 0.15) is 9.34 Å². The van der Waals surface area contributed by atoms with E-state index in [4.69, 9.17) is 11.6 Å². The summed E-state index contributed by atoms with van der Waals surface area (Å²) in [7, 11) is 0. The van der Waals surface area contributed by atoms with Crippen molar-refractivity contribution in [3.8, 4) is 0 Å². The first-order valence-corrected chi connectivity index (χ1v) is 7.62. The average Bonchev–Trinajstić information content (AvgIpc) is 2.83. The second-order valence-corrected chi connectivity index (χ2v) is 6.69. The summed E-state index contributed by atoms with van der Waals surface area (Å²) in [5, 5.41) is 5.49. The summed E-state index contributed by atoms with van der Waals surface area (Å²) in [4.78, 5) is 4.23. The molecule has 15 heavy (non-hydrogen) atoms. The number of thiazole rings is 1. The molecule has 0 saturated heterocycles. The van der Waals surface area contributed by atoms with Crippen LogP contribution in [0.2, 0.25) is 4.34 Å². The van der Waals surface area contributed by atoms with E-state index in [-0.39, 0.29) is 0 Å². The average molecular weight is 263 g/mol. The molecule has 0 aromatic carbocycles. The van der Waals surface area contributed by atoms with Gasteiger partial charge in [-0.1, -0.05) is 11.6 Å². The Kier molecular flexibility index (Phi) is 4.31. The molecule has 0 radical (unpaired) electrons. The largest absolute Gasteiger partial charge is 0.308 e. The maximum absolute atomic E-state index is 5.83. The van der Waals surface area contributed by atoms with Crippen LogP contribution < -0.4 is 5.32 Å². The Balaban J connectivity index is 1.75. The van der Waals surface area contributed by atoms with Crippen LogP contribution in [0.5, 0.6) is 0 Å². The van der Waals surface area contributed by atoms with Crippen LogP contribution in [0.1, 0.15) is 24.3 Å². The zero-order chi connectivity index (χ0) is 10.7. The minimum atomic E-state index is 0.671. The minimum absolute atomic E-state index is 0.671. The van der Waals surface area contributed by atoms with Crippen molar-refractivity contribution in [3.05, 3.63) is 15.5 Å². The Morgan fingerprint density at radius 2 is 2.53 bits per heavy atom. The molecule has 1 aromatic heterocycles. The van der Waals surface area contributed by atoms with Crippen molar-refractivity contribution in [1.29, 1.82) is 0 Å². The molecule has 1 N–H and O–H groups in total. The summed E-state index contributed by atoms with van der Waals surface area (Å²) >= 11 is 9.38. The van der Waals surface area contributed by atoms with Crippen molar-refractivity contribution >= 4 is 34.7 Å². The molecule has 1 saturated carbocycles. The Bertz CT molecular complexity index is 316. The zero-order valence-electron chi connectivity index (χ0n) is 8.70. The monoisotopic (exact) mass is 262 g/mol. The molecule has 2 atom stereocenters. The van der Waals surface area contributed by atoms with E-state index in [2.05, 4.69) is 16.6 Å². The number of nitrogens with one attached hydrogen (secondary N) is 1. The molecule has 0 bridgehead atoms. The summed E-state index contributed by atoms with van der Waals surface area (Å²) in [6.07, 6.45) is 7.86. The van der Waals surface area contributed by atoms with E-state index in [1.54, 1.807) is 17.5 Å². The van der Waals surface area contributed by atoms with Crippen molar-refractivity contribution < 1.29 is 0 Å². The van der Waals surface area contributed by atoms with Gasteiger partial charge in [-0.05, 0) is 25.5 Å². The predicted octanol–water partition coefficient (Wildman–Crippen LogP) is 3.17. The Hall–Kier alpha value is 0.230. The molecule has 5 heteroatoms. The molecule has 0 aliphatic heterocycles. The van der Waals surface area contributed by atoms with E-state index < -0.39 is 0 Å². The predicted molar refractivity (Wildman–Crippen MR) is 68.9 cm³/mol. The molecule has 0 spiro atoms.